The van der Waals surface area contributed by atoms with Gasteiger partial charge in [0, 0.05) is 4.97 Å². The number of hydrazine groups is 1. The van der Waals surface area contributed by atoms with Gasteiger partial charge in [-0.25, -0.2) is 0 Å². The van der Waals surface area contributed by atoms with Crippen molar-refractivity contribution >= 4 is 5.97 Å². The van der Waals surface area contributed by atoms with Crippen LogP contribution in [0.4, 0.5) is 0 Å². The molecule has 0 aromatic rings. The van der Waals surface area contributed by atoms with Crippen molar-refractivity contribution < 1.29 is 74.0 Å². The molecule has 1 fully saturated rings. The molecule has 68 valence electrons. The minimum absolute atomic E-state index is 0. The number of hydrogen-bond donors (Lipinski definition) is 0. The molecule has 0 radical (unpaired) electrons. The van der Waals surface area contributed by atoms with Crippen LogP contribution in [-0.2, 0) is 4.79 Å². The van der Waals surface area contributed by atoms with Crippen LogP contribution in [0.3, 0.4) is 0 Å². The first-order chi connectivity index (χ1) is 5.66. The van der Waals surface area contributed by atoms with Crippen LogP contribution in [0, 0.1) is 10.4 Å². The van der Waals surface area contributed by atoms with Crippen molar-refractivity contribution in [2.45, 2.75) is 18.9 Å². The zero-order valence-corrected chi connectivity index (χ0v) is 12.2. The molecule has 1 saturated heterocycles. The molecule has 0 amide bonds. The molecule has 1 heterocycles. The fraction of sp³-hybridized carbons (Fsp3) is 0.800. The molecule has 9 heteroatoms. The standard InChI is InChI=1S/C5H9N3O4.2Na/c9-5(10)4-2-1-3-7(4)8(12)6-11;;/h4,11H,1-3H2,(H,9,10);;/q;2*+1/p-2/b8-6+;;. The third-order valence-electron chi connectivity index (χ3n) is 1.79. The topological polar surface area (TPSA) is 105 Å². The maximum absolute atomic E-state index is 10.6. The Labute approximate surface area is 125 Å². The second-order valence-electron chi connectivity index (χ2n) is 2.47. The van der Waals surface area contributed by atoms with Gasteiger partial charge >= 0.3 is 59.1 Å². The number of carbonyl (C=O) groups is 1. The molecule has 1 atom stereocenters. The molecule has 0 aromatic heterocycles. The molecule has 14 heavy (non-hydrogen) atoms. The Hall–Kier alpha value is 0.470. The first kappa shape index (κ1) is 16.9. The summed E-state index contributed by atoms with van der Waals surface area (Å²) in [6.07, 6.45) is 0.865. The Bertz CT molecular complexity index is 225. The fourth-order valence-corrected chi connectivity index (χ4v) is 1.24. The molecule has 0 bridgehead atoms. The van der Waals surface area contributed by atoms with E-state index in [9.17, 15) is 20.3 Å². The van der Waals surface area contributed by atoms with Gasteiger partial charge in [-0.1, -0.05) is 0 Å². The molecule has 0 N–H and O–H groups in total. The largest absolute Gasteiger partial charge is 1.00 e. The van der Waals surface area contributed by atoms with Crippen molar-refractivity contribution in [2.75, 3.05) is 6.54 Å². The molecular formula is C5H7N3Na2O4. The molecule has 1 aliphatic heterocycles. The fourth-order valence-electron chi connectivity index (χ4n) is 1.24. The van der Waals surface area contributed by atoms with E-state index in [0.717, 1.165) is 5.01 Å². The summed E-state index contributed by atoms with van der Waals surface area (Å²) in [5, 5.41) is 33.6. The monoisotopic (exact) mass is 219 g/mol. The van der Waals surface area contributed by atoms with Crippen LogP contribution in [0.25, 0.3) is 0 Å². The van der Waals surface area contributed by atoms with Crippen LogP contribution < -0.4 is 64.2 Å². The van der Waals surface area contributed by atoms with E-state index in [2.05, 4.69) is 5.28 Å². The number of carboxylic acids is 1. The molecule has 0 aromatic carbocycles. The van der Waals surface area contributed by atoms with Crippen LogP contribution in [0.15, 0.2) is 5.28 Å². The van der Waals surface area contributed by atoms with Gasteiger partial charge in [0.2, 0.25) is 0 Å². The Morgan fingerprint density at radius 3 is 2.50 bits per heavy atom. The molecule has 1 aliphatic rings. The normalized spacial score (nSPS) is 21.0. The second kappa shape index (κ2) is 7.72. The zero-order chi connectivity index (χ0) is 9.14. The van der Waals surface area contributed by atoms with E-state index in [1.54, 1.807) is 0 Å². The van der Waals surface area contributed by atoms with Gasteiger partial charge in [-0.3, -0.25) is 0 Å². The minimum Gasteiger partial charge on any atom is -0.737 e. The molecule has 0 saturated carbocycles. The molecule has 1 rings (SSSR count). The van der Waals surface area contributed by atoms with Gasteiger partial charge in [-0.15, -0.1) is 5.01 Å². The zero-order valence-electron chi connectivity index (χ0n) is 8.17. The van der Waals surface area contributed by atoms with Gasteiger partial charge in [0.25, 0.3) is 0 Å². The summed E-state index contributed by atoms with van der Waals surface area (Å²) in [5.41, 5.74) is 0. The summed E-state index contributed by atoms with van der Waals surface area (Å²) in [5.74, 6) is -1.35. The summed E-state index contributed by atoms with van der Waals surface area (Å²) in [6.45, 7) is 0.230. The summed E-state index contributed by atoms with van der Waals surface area (Å²) in [4.78, 5) is 10.1. The van der Waals surface area contributed by atoms with Gasteiger partial charge in [-0.05, 0) is 18.1 Å². The van der Waals surface area contributed by atoms with E-state index < -0.39 is 12.0 Å². The summed E-state index contributed by atoms with van der Waals surface area (Å²) in [7, 11) is 0. The van der Waals surface area contributed by atoms with Crippen LogP contribution in [0.1, 0.15) is 12.8 Å². The Morgan fingerprint density at radius 2 is 2.07 bits per heavy atom. The van der Waals surface area contributed by atoms with Gasteiger partial charge in [-0.2, -0.15) is 0 Å². The Balaban J connectivity index is 0. The van der Waals surface area contributed by atoms with E-state index in [0.29, 0.717) is 12.8 Å². The van der Waals surface area contributed by atoms with E-state index in [-0.39, 0.29) is 70.6 Å². The molecule has 1 unspecified atom stereocenters. The van der Waals surface area contributed by atoms with E-state index in [1.165, 1.54) is 0 Å². The SMILES string of the molecule is O=C([O-])C1CCCN1/[N+]([O-])=N\[O-].[Na+].[Na+]. The van der Waals surface area contributed by atoms with Crippen molar-refractivity contribution in [1.82, 2.24) is 5.01 Å². The minimum atomic E-state index is -1.35. The van der Waals surface area contributed by atoms with Crippen LogP contribution in [0.2, 0.25) is 0 Å². The van der Waals surface area contributed by atoms with Gasteiger partial charge < -0.3 is 20.3 Å². The van der Waals surface area contributed by atoms with Crippen LogP contribution in [0.5, 0.6) is 0 Å². The second-order valence-corrected chi connectivity index (χ2v) is 2.47. The Kier molecular flexibility index (Phi) is 9.31. The molecular weight excluding hydrogens is 212 g/mol. The smallest absolute Gasteiger partial charge is 0.737 e. The third-order valence-corrected chi connectivity index (χ3v) is 1.79. The predicted molar refractivity (Wildman–Crippen MR) is 34.2 cm³/mol. The number of nitrogens with zero attached hydrogens (tertiary/aromatic N) is 3. The van der Waals surface area contributed by atoms with Crippen molar-refractivity contribution in [3.8, 4) is 0 Å². The summed E-state index contributed by atoms with van der Waals surface area (Å²) in [6, 6.07) is -1.01. The van der Waals surface area contributed by atoms with Gasteiger partial charge in [0.1, 0.15) is 6.04 Å². The van der Waals surface area contributed by atoms with Crippen molar-refractivity contribution in [2.24, 2.45) is 5.28 Å². The maximum Gasteiger partial charge on any atom is 1.00 e. The van der Waals surface area contributed by atoms with E-state index in [4.69, 9.17) is 0 Å². The summed E-state index contributed by atoms with van der Waals surface area (Å²) < 4.78 is 0. The first-order valence-corrected chi connectivity index (χ1v) is 3.44. The van der Waals surface area contributed by atoms with E-state index in [1.807, 2.05) is 0 Å². The number of hydrogen-bond acceptors (Lipinski definition) is 5. The predicted octanol–water partition coefficient (Wildman–Crippen LogP) is -7.42. The average molecular weight is 219 g/mol. The van der Waals surface area contributed by atoms with Gasteiger partial charge in [0.05, 0.1) is 12.5 Å². The van der Waals surface area contributed by atoms with Crippen molar-refractivity contribution in [3.63, 3.8) is 0 Å². The van der Waals surface area contributed by atoms with Crippen molar-refractivity contribution in [1.29, 1.82) is 0 Å². The Morgan fingerprint density at radius 1 is 1.50 bits per heavy atom. The maximum atomic E-state index is 10.6. The quantitative estimate of drug-likeness (QED) is 0.198. The molecule has 0 spiro atoms. The average Bonchev–Trinajstić information content (AvgIpc) is 2.50. The number of carbonyl (C=O) groups excluding carboxylic acids is 1. The van der Waals surface area contributed by atoms with Crippen molar-refractivity contribution in [3.05, 3.63) is 10.4 Å². The number of carboxylic acid groups (broad SMARTS) is 1. The number of aliphatic carboxylic acids is 1. The number of rotatable bonds is 2. The van der Waals surface area contributed by atoms with E-state index >= 15 is 0 Å². The molecule has 7 nitrogen and oxygen atoms in total. The third kappa shape index (κ3) is 3.92. The summed E-state index contributed by atoms with van der Waals surface area (Å²) >= 11 is 0. The van der Waals surface area contributed by atoms with Crippen LogP contribution in [-0.4, -0.2) is 28.5 Å². The van der Waals surface area contributed by atoms with Gasteiger partial charge in [0.15, 0.2) is 0 Å². The first-order valence-electron chi connectivity index (χ1n) is 3.44. The van der Waals surface area contributed by atoms with Crippen LogP contribution >= 0.6 is 0 Å². The molecule has 0 aliphatic carbocycles.